The number of urea groups is 1. The zero-order valence-electron chi connectivity index (χ0n) is 17.4. The summed E-state index contributed by atoms with van der Waals surface area (Å²) in [6, 6.07) is 10.9. The largest absolute Gasteiger partial charge is 0.342 e. The Morgan fingerprint density at radius 1 is 1.03 bits per heavy atom. The molecule has 5 rings (SSSR count). The van der Waals surface area contributed by atoms with Crippen LogP contribution in [0.2, 0.25) is 5.02 Å². The number of hydrogen-bond donors (Lipinski definition) is 1. The van der Waals surface area contributed by atoms with Gasteiger partial charge in [-0.15, -0.1) is 0 Å². The minimum atomic E-state index is -0.880. The van der Waals surface area contributed by atoms with Crippen LogP contribution in [0.4, 0.5) is 4.79 Å². The molecule has 3 atom stereocenters. The average Bonchev–Trinajstić information content (AvgIpc) is 3.03. The smallest absolute Gasteiger partial charge is 0.325 e. The van der Waals surface area contributed by atoms with Gasteiger partial charge in [0.25, 0.3) is 11.5 Å². The first kappa shape index (κ1) is 20.8. The minimum absolute atomic E-state index is 0.00477. The number of nitrogens with one attached hydrogen (secondary N) is 1. The summed E-state index contributed by atoms with van der Waals surface area (Å²) < 4.78 is 1.81. The van der Waals surface area contributed by atoms with E-state index in [0.29, 0.717) is 30.2 Å². The van der Waals surface area contributed by atoms with Crippen LogP contribution in [0.1, 0.15) is 30.0 Å². The molecule has 3 aliphatic heterocycles. The van der Waals surface area contributed by atoms with Crippen LogP contribution in [0.25, 0.3) is 0 Å². The molecule has 4 amide bonds. The quantitative estimate of drug-likeness (QED) is 0.715. The van der Waals surface area contributed by atoms with Gasteiger partial charge >= 0.3 is 6.03 Å². The Bertz CT molecular complexity index is 1160. The molecule has 2 saturated heterocycles. The second kappa shape index (κ2) is 8.09. The standard InChI is InChI=1S/C23H23ClN4O4/c24-17-5-2-1-4-15(17)13-28-22(31)18(25-23(28)32)9-21(30)26-10-14-8-16(12-26)19-6-3-7-20(29)27(19)11-14/h1-7,14,16,18H,8-13H2,(H,25,32)/t14-,16+,18-/m0/s1. The maximum absolute atomic E-state index is 13.0. The molecule has 8 nitrogen and oxygen atoms in total. The molecule has 2 fully saturated rings. The fourth-order valence-electron chi connectivity index (χ4n) is 5.07. The van der Waals surface area contributed by atoms with Crippen LogP contribution >= 0.6 is 11.6 Å². The lowest BCUT2D eigenvalue weighted by molar-refractivity contribution is -0.137. The van der Waals surface area contributed by atoms with Crippen molar-refractivity contribution >= 4 is 29.4 Å². The third-order valence-corrected chi connectivity index (χ3v) is 6.97. The summed E-state index contributed by atoms with van der Waals surface area (Å²) in [6.45, 7) is 1.72. The van der Waals surface area contributed by atoms with Gasteiger partial charge in [-0.1, -0.05) is 35.9 Å². The van der Waals surface area contributed by atoms with Crippen molar-refractivity contribution in [1.29, 1.82) is 0 Å². The fourth-order valence-corrected chi connectivity index (χ4v) is 5.26. The molecule has 0 aliphatic carbocycles. The third kappa shape index (κ3) is 3.68. The predicted molar refractivity (Wildman–Crippen MR) is 117 cm³/mol. The summed E-state index contributed by atoms with van der Waals surface area (Å²) in [7, 11) is 0. The Morgan fingerprint density at radius 2 is 1.84 bits per heavy atom. The molecule has 1 aromatic carbocycles. The van der Waals surface area contributed by atoms with E-state index in [1.54, 1.807) is 41.3 Å². The van der Waals surface area contributed by atoms with Gasteiger partial charge in [-0.25, -0.2) is 4.79 Å². The molecule has 0 unspecified atom stereocenters. The van der Waals surface area contributed by atoms with Crippen LogP contribution < -0.4 is 10.9 Å². The molecule has 4 heterocycles. The molecule has 0 saturated carbocycles. The first-order chi connectivity index (χ1) is 15.4. The lowest BCUT2D eigenvalue weighted by Gasteiger charge is -2.43. The van der Waals surface area contributed by atoms with Crippen LogP contribution in [-0.4, -0.2) is 51.3 Å². The van der Waals surface area contributed by atoms with E-state index in [1.807, 2.05) is 10.6 Å². The van der Waals surface area contributed by atoms with Gasteiger partial charge in [-0.05, 0) is 30.0 Å². The highest BCUT2D eigenvalue weighted by Gasteiger charge is 2.42. The first-order valence-electron chi connectivity index (χ1n) is 10.7. The molecule has 2 bridgehead atoms. The zero-order chi connectivity index (χ0) is 22.4. The van der Waals surface area contributed by atoms with Crippen LogP contribution in [0.5, 0.6) is 0 Å². The lowest BCUT2D eigenvalue weighted by atomic mass is 9.83. The van der Waals surface area contributed by atoms with Gasteiger partial charge in [-0.2, -0.15) is 0 Å². The molecule has 9 heteroatoms. The fraction of sp³-hybridized carbons (Fsp3) is 0.391. The molecular weight excluding hydrogens is 432 g/mol. The second-order valence-corrected chi connectivity index (χ2v) is 9.13. The van der Waals surface area contributed by atoms with Crippen molar-refractivity contribution in [3.05, 3.63) is 69.1 Å². The van der Waals surface area contributed by atoms with E-state index in [1.165, 1.54) is 0 Å². The van der Waals surface area contributed by atoms with E-state index >= 15 is 0 Å². The number of rotatable bonds is 4. The first-order valence-corrected chi connectivity index (χ1v) is 11.1. The molecule has 0 spiro atoms. The highest BCUT2D eigenvalue weighted by molar-refractivity contribution is 6.31. The van der Waals surface area contributed by atoms with E-state index in [-0.39, 0.29) is 36.3 Å². The van der Waals surface area contributed by atoms with Gasteiger partial charge in [-0.3, -0.25) is 19.3 Å². The number of imide groups is 1. The third-order valence-electron chi connectivity index (χ3n) is 6.60. The van der Waals surface area contributed by atoms with Crippen molar-refractivity contribution in [2.45, 2.75) is 37.9 Å². The van der Waals surface area contributed by atoms with Crippen LogP contribution in [0.3, 0.4) is 0 Å². The van der Waals surface area contributed by atoms with Gasteiger partial charge in [0.05, 0.1) is 13.0 Å². The normalized spacial score (nSPS) is 24.3. The minimum Gasteiger partial charge on any atom is -0.342 e. The molecule has 32 heavy (non-hydrogen) atoms. The molecule has 1 aromatic heterocycles. The van der Waals surface area contributed by atoms with Gasteiger partial charge in [0.2, 0.25) is 5.91 Å². The number of amides is 4. The zero-order valence-corrected chi connectivity index (χ0v) is 18.1. The number of likely N-dealkylation sites (tertiary alicyclic amines) is 1. The monoisotopic (exact) mass is 454 g/mol. The van der Waals surface area contributed by atoms with Crippen molar-refractivity contribution in [2.24, 2.45) is 5.92 Å². The molecule has 166 valence electrons. The number of pyridine rings is 1. The van der Waals surface area contributed by atoms with Gasteiger partial charge in [0, 0.05) is 42.3 Å². The summed E-state index contributed by atoms with van der Waals surface area (Å²) in [6.07, 6.45) is 0.864. The van der Waals surface area contributed by atoms with E-state index in [4.69, 9.17) is 11.6 Å². The van der Waals surface area contributed by atoms with Crippen LogP contribution in [0.15, 0.2) is 47.3 Å². The maximum Gasteiger partial charge on any atom is 0.325 e. The van der Waals surface area contributed by atoms with E-state index < -0.39 is 18.0 Å². The molecule has 0 radical (unpaired) electrons. The average molecular weight is 455 g/mol. The maximum atomic E-state index is 13.0. The predicted octanol–water partition coefficient (Wildman–Crippen LogP) is 1.96. The van der Waals surface area contributed by atoms with E-state index in [0.717, 1.165) is 17.0 Å². The van der Waals surface area contributed by atoms with E-state index in [2.05, 4.69) is 5.32 Å². The number of carbonyl (C=O) groups is 3. The summed E-state index contributed by atoms with van der Waals surface area (Å²) in [5, 5.41) is 3.12. The number of aromatic nitrogens is 1. The van der Waals surface area contributed by atoms with Crippen LogP contribution in [-0.2, 0) is 22.7 Å². The molecular formula is C23H23ClN4O4. The van der Waals surface area contributed by atoms with Gasteiger partial charge < -0.3 is 14.8 Å². The SMILES string of the molecule is O=C(C[C@@H]1NC(=O)N(Cc2ccccc2Cl)C1=O)N1C[C@@H]2C[C@H](C1)c1cccc(=O)n1C2. The van der Waals surface area contributed by atoms with Crippen molar-refractivity contribution in [3.63, 3.8) is 0 Å². The van der Waals surface area contributed by atoms with Crippen molar-refractivity contribution in [2.75, 3.05) is 13.1 Å². The number of fused-ring (bicyclic) bond motifs is 4. The number of halogens is 1. The van der Waals surface area contributed by atoms with Gasteiger partial charge in [0.1, 0.15) is 6.04 Å². The number of nitrogens with zero attached hydrogens (tertiary/aromatic N) is 3. The topological polar surface area (TPSA) is 91.7 Å². The number of benzene rings is 1. The lowest BCUT2D eigenvalue weighted by Crippen LogP contribution is -2.50. The Kier molecular flexibility index (Phi) is 5.25. The summed E-state index contributed by atoms with van der Waals surface area (Å²) in [5.41, 5.74) is 1.62. The Hall–Kier alpha value is -3.13. The molecule has 3 aliphatic rings. The number of carbonyl (C=O) groups excluding carboxylic acids is 3. The summed E-state index contributed by atoms with van der Waals surface area (Å²) in [5.74, 6) is -0.274. The highest BCUT2D eigenvalue weighted by atomic mass is 35.5. The summed E-state index contributed by atoms with van der Waals surface area (Å²) in [4.78, 5) is 53.3. The second-order valence-electron chi connectivity index (χ2n) is 8.72. The summed E-state index contributed by atoms with van der Waals surface area (Å²) >= 11 is 6.16. The number of piperidine rings is 1. The molecule has 1 N–H and O–H groups in total. The van der Waals surface area contributed by atoms with Crippen molar-refractivity contribution < 1.29 is 14.4 Å². The van der Waals surface area contributed by atoms with Crippen LogP contribution in [0, 0.1) is 5.92 Å². The highest BCUT2D eigenvalue weighted by Crippen LogP contribution is 2.35. The van der Waals surface area contributed by atoms with E-state index in [9.17, 15) is 19.2 Å². The Labute approximate surface area is 189 Å². The molecule has 2 aromatic rings. The van der Waals surface area contributed by atoms with Gasteiger partial charge in [0.15, 0.2) is 0 Å². The number of hydrogen-bond acceptors (Lipinski definition) is 4. The van der Waals surface area contributed by atoms with Crippen molar-refractivity contribution in [1.82, 2.24) is 19.7 Å². The Balaban J connectivity index is 1.26. The van der Waals surface area contributed by atoms with Crippen molar-refractivity contribution in [3.8, 4) is 0 Å². The Morgan fingerprint density at radius 3 is 2.66 bits per heavy atom.